The van der Waals surface area contributed by atoms with Gasteiger partial charge >= 0.3 is 0 Å². The second-order valence-electron chi connectivity index (χ2n) is 7.28. The van der Waals surface area contributed by atoms with Crippen molar-refractivity contribution in [3.63, 3.8) is 0 Å². The fourth-order valence-electron chi connectivity index (χ4n) is 3.82. The van der Waals surface area contributed by atoms with Crippen molar-refractivity contribution in [1.82, 2.24) is 9.88 Å². The molecule has 3 aromatic rings. The molecule has 1 fully saturated rings. The Morgan fingerprint density at radius 2 is 1.59 bits per heavy atom. The highest BCUT2D eigenvalue weighted by atomic mass is 19.1. The van der Waals surface area contributed by atoms with Gasteiger partial charge in [-0.15, -0.1) is 0 Å². The molecule has 1 aliphatic rings. The van der Waals surface area contributed by atoms with Crippen molar-refractivity contribution < 1.29 is 9.18 Å². The van der Waals surface area contributed by atoms with E-state index in [2.05, 4.69) is 9.88 Å². The average Bonchev–Trinajstić information content (AvgIpc) is 2.79. The third-order valence-electron chi connectivity index (χ3n) is 5.42. The minimum Gasteiger partial charge on any atom is -0.368 e. The number of piperazine rings is 1. The fourth-order valence-corrected chi connectivity index (χ4v) is 3.82. The van der Waals surface area contributed by atoms with Gasteiger partial charge in [-0.05, 0) is 42.0 Å². The summed E-state index contributed by atoms with van der Waals surface area (Å²) < 4.78 is 13.2. The molecule has 0 aliphatic carbocycles. The zero-order chi connectivity index (χ0) is 20.1. The summed E-state index contributed by atoms with van der Waals surface area (Å²) in [6.07, 6.45) is 2.35. The van der Waals surface area contributed by atoms with Crippen LogP contribution in [0, 0.1) is 5.82 Å². The lowest BCUT2D eigenvalue weighted by molar-refractivity contribution is -0.133. The Morgan fingerprint density at radius 3 is 2.24 bits per heavy atom. The Labute approximate surface area is 170 Å². The highest BCUT2D eigenvalue weighted by Gasteiger charge is 2.29. The van der Waals surface area contributed by atoms with Crippen LogP contribution in [-0.4, -0.2) is 42.0 Å². The first-order chi connectivity index (χ1) is 14.2. The van der Waals surface area contributed by atoms with E-state index in [-0.39, 0.29) is 17.6 Å². The van der Waals surface area contributed by atoms with Crippen LogP contribution in [0.15, 0.2) is 79.0 Å². The van der Waals surface area contributed by atoms with Crippen molar-refractivity contribution in [2.45, 2.75) is 12.3 Å². The van der Waals surface area contributed by atoms with Crippen molar-refractivity contribution in [1.29, 1.82) is 0 Å². The molecule has 29 heavy (non-hydrogen) atoms. The summed E-state index contributed by atoms with van der Waals surface area (Å²) in [5, 5.41) is 0. The number of nitrogens with zero attached hydrogens (tertiary/aromatic N) is 3. The van der Waals surface area contributed by atoms with E-state index in [0.29, 0.717) is 19.5 Å². The Kier molecular flexibility index (Phi) is 5.84. The molecular weight excluding hydrogens is 365 g/mol. The van der Waals surface area contributed by atoms with Gasteiger partial charge < -0.3 is 9.80 Å². The first-order valence-corrected chi connectivity index (χ1v) is 9.95. The van der Waals surface area contributed by atoms with Crippen LogP contribution in [-0.2, 0) is 11.2 Å². The standard InChI is InChI=1S/C24H24FN3O/c25-20-9-11-22(12-10-20)27-14-16-28(17-15-27)24(29)23(19-6-2-1-3-7-19)18-21-8-4-5-13-26-21/h1-13,23H,14-18H2. The first kappa shape index (κ1) is 19.1. The number of carbonyl (C=O) groups excluding carboxylic acids is 1. The monoisotopic (exact) mass is 389 g/mol. The third-order valence-corrected chi connectivity index (χ3v) is 5.42. The molecule has 4 rings (SSSR count). The summed E-state index contributed by atoms with van der Waals surface area (Å²) in [5.74, 6) is -0.341. The van der Waals surface area contributed by atoms with E-state index in [1.165, 1.54) is 12.1 Å². The molecule has 1 aliphatic heterocycles. The maximum absolute atomic E-state index is 13.4. The third kappa shape index (κ3) is 4.62. The van der Waals surface area contributed by atoms with Crippen molar-refractivity contribution in [3.8, 4) is 0 Å². The molecule has 1 saturated heterocycles. The Morgan fingerprint density at radius 1 is 0.897 bits per heavy atom. The largest absolute Gasteiger partial charge is 0.368 e. The van der Waals surface area contributed by atoms with Crippen LogP contribution in [0.1, 0.15) is 17.2 Å². The van der Waals surface area contributed by atoms with Gasteiger partial charge in [-0.3, -0.25) is 9.78 Å². The first-order valence-electron chi connectivity index (χ1n) is 9.95. The SMILES string of the molecule is O=C(C(Cc1ccccn1)c1ccccc1)N1CCN(c2ccc(F)cc2)CC1. The minimum atomic E-state index is -0.247. The highest BCUT2D eigenvalue weighted by molar-refractivity contribution is 5.84. The molecule has 1 aromatic heterocycles. The van der Waals surface area contributed by atoms with E-state index in [1.807, 2.05) is 53.4 Å². The molecule has 1 amide bonds. The summed E-state index contributed by atoms with van der Waals surface area (Å²) in [7, 11) is 0. The Hall–Kier alpha value is -3.21. The zero-order valence-corrected chi connectivity index (χ0v) is 16.2. The van der Waals surface area contributed by atoms with Gasteiger partial charge in [0.2, 0.25) is 5.91 Å². The van der Waals surface area contributed by atoms with Crippen LogP contribution in [0.3, 0.4) is 0 Å². The van der Waals surface area contributed by atoms with Gasteiger partial charge in [0.15, 0.2) is 0 Å². The van der Waals surface area contributed by atoms with Gasteiger partial charge in [0, 0.05) is 50.2 Å². The molecule has 1 unspecified atom stereocenters. The fraction of sp³-hybridized carbons (Fsp3) is 0.250. The van der Waals surface area contributed by atoms with Gasteiger partial charge in [0.25, 0.3) is 0 Å². The molecule has 2 aromatic carbocycles. The van der Waals surface area contributed by atoms with Gasteiger partial charge in [0.05, 0.1) is 5.92 Å². The number of carbonyl (C=O) groups is 1. The summed E-state index contributed by atoms with van der Waals surface area (Å²) in [5.41, 5.74) is 2.93. The number of anilines is 1. The number of pyridine rings is 1. The van der Waals surface area contributed by atoms with Crippen LogP contribution in [0.5, 0.6) is 0 Å². The lowest BCUT2D eigenvalue weighted by Crippen LogP contribution is -2.50. The van der Waals surface area contributed by atoms with E-state index in [4.69, 9.17) is 0 Å². The number of hydrogen-bond donors (Lipinski definition) is 0. The summed E-state index contributed by atoms with van der Waals surface area (Å²) >= 11 is 0. The smallest absolute Gasteiger partial charge is 0.230 e. The van der Waals surface area contributed by atoms with Crippen molar-refractivity contribution in [3.05, 3.63) is 96.1 Å². The molecule has 0 N–H and O–H groups in total. The number of amides is 1. The van der Waals surface area contributed by atoms with Gasteiger partial charge in [0.1, 0.15) is 5.82 Å². The topological polar surface area (TPSA) is 36.4 Å². The normalized spacial score (nSPS) is 15.2. The number of halogens is 1. The number of hydrogen-bond acceptors (Lipinski definition) is 3. The van der Waals surface area contributed by atoms with E-state index in [1.54, 1.807) is 18.3 Å². The van der Waals surface area contributed by atoms with Crippen LogP contribution < -0.4 is 4.90 Å². The van der Waals surface area contributed by atoms with Gasteiger partial charge in [-0.1, -0.05) is 36.4 Å². The lowest BCUT2D eigenvalue weighted by atomic mass is 9.92. The highest BCUT2D eigenvalue weighted by Crippen LogP contribution is 2.24. The Balaban J connectivity index is 1.47. The van der Waals surface area contributed by atoms with E-state index in [0.717, 1.165) is 30.0 Å². The minimum absolute atomic E-state index is 0.139. The molecule has 0 radical (unpaired) electrons. The maximum atomic E-state index is 13.4. The molecule has 0 bridgehead atoms. The molecule has 148 valence electrons. The number of benzene rings is 2. The van der Waals surface area contributed by atoms with E-state index in [9.17, 15) is 9.18 Å². The van der Waals surface area contributed by atoms with Crippen LogP contribution in [0.2, 0.25) is 0 Å². The van der Waals surface area contributed by atoms with E-state index >= 15 is 0 Å². The molecule has 1 atom stereocenters. The molecule has 5 heteroatoms. The van der Waals surface area contributed by atoms with E-state index < -0.39 is 0 Å². The van der Waals surface area contributed by atoms with Gasteiger partial charge in [-0.25, -0.2) is 4.39 Å². The zero-order valence-electron chi connectivity index (χ0n) is 16.2. The second kappa shape index (κ2) is 8.86. The van der Waals surface area contributed by atoms with Crippen molar-refractivity contribution in [2.24, 2.45) is 0 Å². The molecular formula is C24H24FN3O. The molecule has 0 saturated carbocycles. The van der Waals surface area contributed by atoms with Crippen LogP contribution in [0.25, 0.3) is 0 Å². The number of rotatable bonds is 5. The maximum Gasteiger partial charge on any atom is 0.230 e. The predicted octanol–water partition coefficient (Wildman–Crippen LogP) is 3.90. The summed E-state index contributed by atoms with van der Waals surface area (Å²) in [6, 6.07) is 22.3. The average molecular weight is 389 g/mol. The van der Waals surface area contributed by atoms with Gasteiger partial charge in [-0.2, -0.15) is 0 Å². The molecule has 2 heterocycles. The molecule has 4 nitrogen and oxygen atoms in total. The lowest BCUT2D eigenvalue weighted by Gasteiger charge is -2.37. The quantitative estimate of drug-likeness (QED) is 0.664. The van der Waals surface area contributed by atoms with Crippen LogP contribution in [0.4, 0.5) is 10.1 Å². The summed E-state index contributed by atoms with van der Waals surface area (Å²) in [6.45, 7) is 2.79. The van der Waals surface area contributed by atoms with Crippen molar-refractivity contribution in [2.75, 3.05) is 31.1 Å². The number of aromatic nitrogens is 1. The van der Waals surface area contributed by atoms with Crippen LogP contribution >= 0.6 is 0 Å². The second-order valence-corrected chi connectivity index (χ2v) is 7.28. The summed E-state index contributed by atoms with van der Waals surface area (Å²) in [4.78, 5) is 22.0. The Bertz CT molecular complexity index is 923. The predicted molar refractivity (Wildman–Crippen MR) is 112 cm³/mol. The molecule has 0 spiro atoms. The van der Waals surface area contributed by atoms with Crippen molar-refractivity contribution >= 4 is 11.6 Å².